The number of rotatable bonds is 2. The number of hydrogen-bond donors (Lipinski definition) is 1. The first-order valence-corrected chi connectivity index (χ1v) is 5.72. The molecule has 2 fully saturated rings. The third kappa shape index (κ3) is 2.83. The summed E-state index contributed by atoms with van der Waals surface area (Å²) < 4.78 is 0. The monoisotopic (exact) mass is 207 g/mol. The van der Waals surface area contributed by atoms with Crippen molar-refractivity contribution in [2.24, 2.45) is 11.8 Å². The van der Waals surface area contributed by atoms with Crippen molar-refractivity contribution in [3.63, 3.8) is 0 Å². The molecule has 2 heteroatoms. The summed E-state index contributed by atoms with van der Waals surface area (Å²) in [6, 6.07) is 0.428. The molecule has 3 atom stereocenters. The molecule has 2 rings (SSSR count). The molecule has 0 aromatic heterocycles. The lowest BCUT2D eigenvalue weighted by molar-refractivity contribution is -0.118. The van der Waals surface area contributed by atoms with Crippen LogP contribution in [0.2, 0.25) is 0 Å². The van der Waals surface area contributed by atoms with E-state index in [2.05, 4.69) is 11.9 Å². The molecular weight excluding hydrogens is 186 g/mol. The summed E-state index contributed by atoms with van der Waals surface area (Å²) in [5.74, 6) is 1.69. The van der Waals surface area contributed by atoms with Gasteiger partial charge in [-0.3, -0.25) is 4.79 Å². The van der Waals surface area contributed by atoms with Crippen molar-refractivity contribution in [1.82, 2.24) is 5.32 Å². The molecule has 84 valence electrons. The fourth-order valence-electron chi connectivity index (χ4n) is 3.04. The van der Waals surface area contributed by atoms with Gasteiger partial charge in [0.2, 0.25) is 5.91 Å². The van der Waals surface area contributed by atoms with E-state index in [0.717, 1.165) is 11.8 Å². The van der Waals surface area contributed by atoms with Crippen LogP contribution in [-0.4, -0.2) is 11.9 Å². The summed E-state index contributed by atoms with van der Waals surface area (Å²) in [6.45, 7) is 3.49. The molecule has 0 aromatic rings. The van der Waals surface area contributed by atoms with Gasteiger partial charge in [0.15, 0.2) is 0 Å². The first kappa shape index (κ1) is 12.3. The number of hydrogen-bond acceptors (Lipinski definition) is 1. The highest BCUT2D eigenvalue weighted by molar-refractivity contribution is 5.87. The predicted molar refractivity (Wildman–Crippen MR) is 62.2 cm³/mol. The maximum Gasteiger partial charge on any atom is 0.243 e. The van der Waals surface area contributed by atoms with Gasteiger partial charge in [-0.05, 0) is 43.6 Å². The Morgan fingerprint density at radius 1 is 1.27 bits per heavy atom. The van der Waals surface area contributed by atoms with Crippen LogP contribution in [0.25, 0.3) is 0 Å². The van der Waals surface area contributed by atoms with Crippen molar-refractivity contribution in [3.05, 3.63) is 20.1 Å². The highest BCUT2D eigenvalue weighted by Crippen LogP contribution is 2.39. The topological polar surface area (TPSA) is 29.1 Å². The van der Waals surface area contributed by atoms with Gasteiger partial charge in [0.05, 0.1) is 0 Å². The minimum absolute atomic E-state index is 0. The molecule has 0 aliphatic heterocycles. The molecule has 2 bridgehead atoms. The van der Waals surface area contributed by atoms with E-state index in [1.165, 1.54) is 44.6 Å². The lowest BCUT2D eigenvalue weighted by Gasteiger charge is -2.40. The van der Waals surface area contributed by atoms with Crippen LogP contribution < -0.4 is 5.32 Å². The van der Waals surface area contributed by atoms with E-state index in [0.29, 0.717) is 6.04 Å². The third-order valence-electron chi connectivity index (χ3n) is 3.79. The summed E-state index contributed by atoms with van der Waals surface area (Å²) in [7, 11) is 0. The number of fused-ring (bicyclic) bond motifs is 2. The SMILES string of the molecule is C=CC(=O)NC1CCC2CCCC1C2.[CH2]. The van der Waals surface area contributed by atoms with Crippen molar-refractivity contribution in [3.8, 4) is 0 Å². The Morgan fingerprint density at radius 3 is 2.80 bits per heavy atom. The molecule has 0 heterocycles. The summed E-state index contributed by atoms with van der Waals surface area (Å²) in [6.07, 6.45) is 9.28. The van der Waals surface area contributed by atoms with Gasteiger partial charge >= 0.3 is 0 Å². The van der Waals surface area contributed by atoms with Gasteiger partial charge < -0.3 is 5.32 Å². The highest BCUT2D eigenvalue weighted by atomic mass is 16.1. The number of amides is 1. The Balaban J connectivity index is 0.00000112. The predicted octanol–water partition coefficient (Wildman–Crippen LogP) is 2.58. The van der Waals surface area contributed by atoms with E-state index in [4.69, 9.17) is 0 Å². The van der Waals surface area contributed by atoms with Crippen LogP contribution in [0, 0.1) is 19.3 Å². The fraction of sp³-hybridized carbons (Fsp3) is 0.692. The van der Waals surface area contributed by atoms with Gasteiger partial charge in [0.25, 0.3) is 0 Å². The molecule has 1 amide bonds. The number of carbonyl (C=O) groups excluding carboxylic acids is 1. The average Bonchev–Trinajstić information content (AvgIpc) is 2.23. The molecule has 2 aliphatic rings. The maximum absolute atomic E-state index is 11.2. The van der Waals surface area contributed by atoms with Crippen LogP contribution in [0.4, 0.5) is 0 Å². The maximum atomic E-state index is 11.2. The molecule has 0 aromatic carbocycles. The summed E-state index contributed by atoms with van der Waals surface area (Å²) in [4.78, 5) is 11.2. The van der Waals surface area contributed by atoms with E-state index in [1.807, 2.05) is 0 Å². The van der Waals surface area contributed by atoms with Gasteiger partial charge in [0, 0.05) is 6.04 Å². The third-order valence-corrected chi connectivity index (χ3v) is 3.79. The van der Waals surface area contributed by atoms with E-state index in [9.17, 15) is 4.79 Å². The van der Waals surface area contributed by atoms with Gasteiger partial charge in [-0.1, -0.05) is 26.8 Å². The molecule has 2 nitrogen and oxygen atoms in total. The highest BCUT2D eigenvalue weighted by Gasteiger charge is 2.33. The minimum atomic E-state index is -0.000904. The van der Waals surface area contributed by atoms with Gasteiger partial charge in [-0.2, -0.15) is 0 Å². The van der Waals surface area contributed by atoms with Crippen molar-refractivity contribution in [2.45, 2.75) is 44.6 Å². The quantitative estimate of drug-likeness (QED) is 0.693. The summed E-state index contributed by atoms with van der Waals surface area (Å²) >= 11 is 0. The second kappa shape index (κ2) is 5.34. The zero-order valence-corrected chi connectivity index (χ0v) is 9.37. The molecule has 0 saturated heterocycles. The number of carbonyl (C=O) groups is 1. The van der Waals surface area contributed by atoms with Crippen LogP contribution in [-0.2, 0) is 4.79 Å². The van der Waals surface area contributed by atoms with E-state index < -0.39 is 0 Å². The lowest BCUT2D eigenvalue weighted by Crippen LogP contribution is -2.44. The first-order valence-electron chi connectivity index (χ1n) is 5.72. The normalized spacial score (nSPS) is 33.7. The van der Waals surface area contributed by atoms with Gasteiger partial charge in [0.1, 0.15) is 0 Å². The standard InChI is InChI=1S/C12H19NO.CH2/c1-2-12(14)13-11-7-6-9-4-3-5-10(11)8-9;/h2,9-11H,1,3-8H2,(H,13,14);1H2. The second-order valence-corrected chi connectivity index (χ2v) is 4.69. The summed E-state index contributed by atoms with van der Waals surface area (Å²) in [5.41, 5.74) is 0. The van der Waals surface area contributed by atoms with Crippen LogP contribution in [0.1, 0.15) is 38.5 Å². The second-order valence-electron chi connectivity index (χ2n) is 4.69. The zero-order chi connectivity index (χ0) is 9.97. The van der Waals surface area contributed by atoms with Gasteiger partial charge in [-0.15, -0.1) is 0 Å². The Bertz CT molecular complexity index is 237. The minimum Gasteiger partial charge on any atom is -0.350 e. The van der Waals surface area contributed by atoms with Crippen molar-refractivity contribution < 1.29 is 4.79 Å². The molecule has 3 unspecified atom stereocenters. The fourth-order valence-corrected chi connectivity index (χ4v) is 3.04. The number of nitrogens with one attached hydrogen (secondary N) is 1. The van der Waals surface area contributed by atoms with Crippen molar-refractivity contribution in [2.75, 3.05) is 0 Å². The Kier molecular flexibility index (Phi) is 4.37. The molecule has 2 radical (unpaired) electrons. The van der Waals surface area contributed by atoms with E-state index in [-0.39, 0.29) is 13.3 Å². The molecular formula is C13H21NO. The largest absolute Gasteiger partial charge is 0.350 e. The van der Waals surface area contributed by atoms with Crippen LogP contribution >= 0.6 is 0 Å². The van der Waals surface area contributed by atoms with Crippen molar-refractivity contribution >= 4 is 5.91 Å². The smallest absolute Gasteiger partial charge is 0.243 e. The molecule has 1 N–H and O–H groups in total. The van der Waals surface area contributed by atoms with Crippen molar-refractivity contribution in [1.29, 1.82) is 0 Å². The van der Waals surface area contributed by atoms with E-state index >= 15 is 0 Å². The summed E-state index contributed by atoms with van der Waals surface area (Å²) in [5, 5.41) is 3.07. The molecule has 0 spiro atoms. The van der Waals surface area contributed by atoms with Crippen LogP contribution in [0.5, 0.6) is 0 Å². The van der Waals surface area contributed by atoms with Crippen LogP contribution in [0.3, 0.4) is 0 Å². The van der Waals surface area contributed by atoms with Crippen LogP contribution in [0.15, 0.2) is 12.7 Å². The zero-order valence-electron chi connectivity index (χ0n) is 9.37. The Hall–Kier alpha value is -0.790. The lowest BCUT2D eigenvalue weighted by atomic mass is 9.70. The van der Waals surface area contributed by atoms with Gasteiger partial charge in [-0.25, -0.2) is 0 Å². The Labute approximate surface area is 93.1 Å². The molecule has 2 aliphatic carbocycles. The average molecular weight is 207 g/mol. The first-order chi connectivity index (χ1) is 6.79. The Morgan fingerprint density at radius 2 is 2.07 bits per heavy atom. The molecule has 15 heavy (non-hydrogen) atoms. The molecule has 2 saturated carbocycles. The van der Waals surface area contributed by atoms with E-state index in [1.54, 1.807) is 0 Å².